The zero-order valence-corrected chi connectivity index (χ0v) is 8.67. The minimum absolute atomic E-state index is 1.16. The molecule has 0 aromatic carbocycles. The SMILES string of the molecule is C=CC=C.C=CCCCCCC=C. The van der Waals surface area contributed by atoms with Crippen molar-refractivity contribution in [2.45, 2.75) is 32.1 Å². The summed E-state index contributed by atoms with van der Waals surface area (Å²) in [6, 6.07) is 0. The van der Waals surface area contributed by atoms with E-state index in [1.807, 2.05) is 12.2 Å². The van der Waals surface area contributed by atoms with Crippen molar-refractivity contribution in [3.63, 3.8) is 0 Å². The molecule has 0 heterocycles. The molecule has 0 bridgehead atoms. The highest BCUT2D eigenvalue weighted by molar-refractivity contribution is 4.88. The van der Waals surface area contributed by atoms with E-state index in [0.29, 0.717) is 0 Å². The van der Waals surface area contributed by atoms with Crippen molar-refractivity contribution in [3.8, 4) is 0 Å². The summed E-state index contributed by atoms with van der Waals surface area (Å²) < 4.78 is 0. The molecule has 0 unspecified atom stereocenters. The van der Waals surface area contributed by atoms with Crippen LogP contribution in [0.2, 0.25) is 0 Å². The standard InChI is InChI=1S/C9H16.C4H6/c1-3-5-7-9-8-6-4-2;1-3-4-2/h3-4H,1-2,5-9H2;3-4H,1-2H2. The lowest BCUT2D eigenvalue weighted by Crippen LogP contribution is -1.72. The van der Waals surface area contributed by atoms with Crippen LogP contribution in [0.4, 0.5) is 0 Å². The zero-order chi connectivity index (χ0) is 10.4. The van der Waals surface area contributed by atoms with Gasteiger partial charge in [0.1, 0.15) is 0 Å². The smallest absolute Gasteiger partial charge is 0.0353 e. The lowest BCUT2D eigenvalue weighted by atomic mass is 10.1. The van der Waals surface area contributed by atoms with E-state index in [0.717, 1.165) is 12.8 Å². The number of hydrogen-bond acceptors (Lipinski definition) is 0. The minimum Gasteiger partial charge on any atom is -0.103 e. The molecule has 0 aromatic heterocycles. The Hall–Kier alpha value is -1.04. The quantitative estimate of drug-likeness (QED) is 0.302. The number of rotatable bonds is 7. The van der Waals surface area contributed by atoms with Crippen LogP contribution in [0.15, 0.2) is 50.6 Å². The maximum atomic E-state index is 3.66. The molecule has 0 radical (unpaired) electrons. The van der Waals surface area contributed by atoms with Crippen LogP contribution in [-0.4, -0.2) is 0 Å². The molecule has 0 fully saturated rings. The van der Waals surface area contributed by atoms with Crippen LogP contribution in [0, 0.1) is 0 Å². The predicted octanol–water partition coefficient (Wildman–Crippen LogP) is 4.67. The highest BCUT2D eigenvalue weighted by Gasteiger charge is 1.82. The van der Waals surface area contributed by atoms with Crippen LogP contribution in [0.3, 0.4) is 0 Å². The fourth-order valence-corrected chi connectivity index (χ4v) is 0.754. The highest BCUT2D eigenvalue weighted by atomic mass is 13.9. The van der Waals surface area contributed by atoms with Crippen molar-refractivity contribution in [1.82, 2.24) is 0 Å². The summed E-state index contributed by atoms with van der Waals surface area (Å²) in [6.07, 6.45) is 13.5. The third-order valence-electron chi connectivity index (χ3n) is 1.48. The number of allylic oxidation sites excluding steroid dienone is 4. The second-order valence-corrected chi connectivity index (χ2v) is 2.69. The van der Waals surface area contributed by atoms with Gasteiger partial charge in [0.05, 0.1) is 0 Å². The van der Waals surface area contributed by atoms with Crippen molar-refractivity contribution in [1.29, 1.82) is 0 Å². The highest BCUT2D eigenvalue weighted by Crippen LogP contribution is 2.02. The summed E-state index contributed by atoms with van der Waals surface area (Å²) in [4.78, 5) is 0. The summed E-state index contributed by atoms with van der Waals surface area (Å²) in [6.45, 7) is 14.0. The van der Waals surface area contributed by atoms with Gasteiger partial charge >= 0.3 is 0 Å². The lowest BCUT2D eigenvalue weighted by Gasteiger charge is -1.92. The molecule has 13 heavy (non-hydrogen) atoms. The Morgan fingerprint density at radius 3 is 1.23 bits per heavy atom. The van der Waals surface area contributed by atoms with Crippen LogP contribution in [0.25, 0.3) is 0 Å². The molecule has 0 saturated carbocycles. The average Bonchev–Trinajstić information content (AvgIpc) is 2.18. The minimum atomic E-state index is 1.16. The summed E-state index contributed by atoms with van der Waals surface area (Å²) >= 11 is 0. The van der Waals surface area contributed by atoms with Gasteiger partial charge < -0.3 is 0 Å². The van der Waals surface area contributed by atoms with Crippen molar-refractivity contribution in [2.75, 3.05) is 0 Å². The lowest BCUT2D eigenvalue weighted by molar-refractivity contribution is 0.697. The first-order chi connectivity index (χ1) is 6.33. The summed E-state index contributed by atoms with van der Waals surface area (Å²) in [5.74, 6) is 0. The maximum absolute atomic E-state index is 3.66. The maximum Gasteiger partial charge on any atom is -0.0353 e. The molecule has 0 nitrogen and oxygen atoms in total. The topological polar surface area (TPSA) is 0 Å². The van der Waals surface area contributed by atoms with Gasteiger partial charge in [-0.05, 0) is 25.7 Å². The number of hydrogen-bond donors (Lipinski definition) is 0. The Kier molecular flexibility index (Phi) is 19.1. The first-order valence-electron chi connectivity index (χ1n) is 4.78. The number of unbranched alkanes of at least 4 members (excludes halogenated alkanes) is 4. The summed E-state index contributed by atoms with van der Waals surface area (Å²) in [7, 11) is 0. The second kappa shape index (κ2) is 17.2. The molecular weight excluding hydrogens is 156 g/mol. The monoisotopic (exact) mass is 178 g/mol. The average molecular weight is 178 g/mol. The largest absolute Gasteiger partial charge is 0.103 e. The molecular formula is C13H22. The van der Waals surface area contributed by atoms with Crippen LogP contribution in [0.5, 0.6) is 0 Å². The Balaban J connectivity index is 0. The molecule has 0 amide bonds. The van der Waals surface area contributed by atoms with Gasteiger partial charge in [0, 0.05) is 0 Å². The Morgan fingerprint density at radius 2 is 1.00 bits per heavy atom. The molecule has 0 aliphatic rings. The summed E-state index contributed by atoms with van der Waals surface area (Å²) in [5.41, 5.74) is 0. The van der Waals surface area contributed by atoms with Gasteiger partial charge in [0.25, 0.3) is 0 Å². The molecule has 0 heteroatoms. The van der Waals surface area contributed by atoms with E-state index >= 15 is 0 Å². The van der Waals surface area contributed by atoms with E-state index in [2.05, 4.69) is 26.3 Å². The molecule has 74 valence electrons. The van der Waals surface area contributed by atoms with E-state index in [-0.39, 0.29) is 0 Å². The van der Waals surface area contributed by atoms with Crippen molar-refractivity contribution < 1.29 is 0 Å². The molecule has 0 saturated heterocycles. The third kappa shape index (κ3) is 24.8. The molecule has 0 atom stereocenters. The summed E-state index contributed by atoms with van der Waals surface area (Å²) in [5, 5.41) is 0. The van der Waals surface area contributed by atoms with Gasteiger partial charge in [0.15, 0.2) is 0 Å². The zero-order valence-electron chi connectivity index (χ0n) is 8.67. The fraction of sp³-hybridized carbons (Fsp3) is 0.385. The van der Waals surface area contributed by atoms with E-state index < -0.39 is 0 Å². The van der Waals surface area contributed by atoms with Gasteiger partial charge in [-0.2, -0.15) is 0 Å². The Bertz CT molecular complexity index is 115. The van der Waals surface area contributed by atoms with Crippen molar-refractivity contribution in [3.05, 3.63) is 50.6 Å². The fourth-order valence-electron chi connectivity index (χ4n) is 0.754. The Labute approximate surface area is 83.4 Å². The van der Waals surface area contributed by atoms with Gasteiger partial charge in [0.2, 0.25) is 0 Å². The first kappa shape index (κ1) is 14.5. The predicted molar refractivity (Wildman–Crippen MR) is 63.9 cm³/mol. The normalized spacial score (nSPS) is 7.69. The molecule has 0 rings (SSSR count). The third-order valence-corrected chi connectivity index (χ3v) is 1.48. The van der Waals surface area contributed by atoms with E-state index in [4.69, 9.17) is 0 Å². The molecule has 0 spiro atoms. The van der Waals surface area contributed by atoms with Crippen molar-refractivity contribution >= 4 is 0 Å². The van der Waals surface area contributed by atoms with E-state index in [9.17, 15) is 0 Å². The Morgan fingerprint density at radius 1 is 0.615 bits per heavy atom. The first-order valence-corrected chi connectivity index (χ1v) is 4.78. The molecule has 0 N–H and O–H groups in total. The molecule has 0 aromatic rings. The van der Waals surface area contributed by atoms with Gasteiger partial charge in [-0.15, -0.1) is 13.2 Å². The van der Waals surface area contributed by atoms with Crippen LogP contribution < -0.4 is 0 Å². The van der Waals surface area contributed by atoms with Gasteiger partial charge in [-0.1, -0.05) is 43.9 Å². The van der Waals surface area contributed by atoms with Crippen molar-refractivity contribution in [2.24, 2.45) is 0 Å². The van der Waals surface area contributed by atoms with Crippen LogP contribution in [-0.2, 0) is 0 Å². The van der Waals surface area contributed by atoms with Crippen LogP contribution >= 0.6 is 0 Å². The van der Waals surface area contributed by atoms with Gasteiger partial charge in [-0.25, -0.2) is 0 Å². The molecule has 0 aliphatic heterocycles. The van der Waals surface area contributed by atoms with E-state index in [1.54, 1.807) is 12.2 Å². The molecule has 0 aliphatic carbocycles. The van der Waals surface area contributed by atoms with Gasteiger partial charge in [-0.3, -0.25) is 0 Å². The van der Waals surface area contributed by atoms with E-state index in [1.165, 1.54) is 19.3 Å². The second-order valence-electron chi connectivity index (χ2n) is 2.69. The van der Waals surface area contributed by atoms with Crippen LogP contribution in [0.1, 0.15) is 32.1 Å².